The first-order valence-electron chi connectivity index (χ1n) is 10.7. The van der Waals surface area contributed by atoms with E-state index in [1.165, 1.54) is 0 Å². The fraction of sp³-hybridized carbons (Fsp3) is 1.00. The standard InChI is InChI=1S/C20H44N2O5S2/c1-19(2,13-9-17-28(21,23)24)11-5-7-15-27-16-8-6-12-20(3,4)14-10-18-29(22,25)26/h5-18H2,1-4H3,(H2,21,23,24)(H2,22,25,26). The summed E-state index contributed by atoms with van der Waals surface area (Å²) in [5.41, 5.74) is 0.249. The third kappa shape index (κ3) is 20.8. The molecule has 0 aliphatic heterocycles. The van der Waals surface area contributed by atoms with Gasteiger partial charge >= 0.3 is 0 Å². The maximum Gasteiger partial charge on any atom is 0.209 e. The summed E-state index contributed by atoms with van der Waals surface area (Å²) in [5, 5.41) is 10.1. The number of nitrogens with two attached hydrogens (primary N) is 2. The highest BCUT2D eigenvalue weighted by Crippen LogP contribution is 2.30. The topological polar surface area (TPSA) is 130 Å². The van der Waals surface area contributed by atoms with Gasteiger partial charge in [-0.1, -0.05) is 40.5 Å². The lowest BCUT2D eigenvalue weighted by atomic mass is 9.83. The Labute approximate surface area is 179 Å². The zero-order valence-electron chi connectivity index (χ0n) is 18.9. The van der Waals surface area contributed by atoms with Crippen molar-refractivity contribution in [2.45, 2.75) is 91.9 Å². The molecule has 0 aromatic carbocycles. The van der Waals surface area contributed by atoms with Crippen molar-refractivity contribution in [2.75, 3.05) is 24.7 Å². The van der Waals surface area contributed by atoms with Crippen LogP contribution in [0.15, 0.2) is 0 Å². The molecule has 176 valence electrons. The van der Waals surface area contributed by atoms with E-state index in [-0.39, 0.29) is 22.3 Å². The molecule has 0 amide bonds. The molecule has 9 heteroatoms. The molecule has 0 heterocycles. The summed E-state index contributed by atoms with van der Waals surface area (Å²) >= 11 is 0. The average Bonchev–Trinajstić information content (AvgIpc) is 2.50. The molecule has 7 nitrogen and oxygen atoms in total. The smallest absolute Gasteiger partial charge is 0.209 e. The van der Waals surface area contributed by atoms with E-state index in [0.717, 1.165) is 64.6 Å². The number of unbranched alkanes of at least 4 members (excludes halogenated alkanes) is 2. The highest BCUT2D eigenvalue weighted by Gasteiger charge is 2.19. The molecule has 0 aromatic rings. The number of rotatable bonds is 18. The van der Waals surface area contributed by atoms with Crippen LogP contribution in [0.25, 0.3) is 0 Å². The molecular weight excluding hydrogens is 412 g/mol. The van der Waals surface area contributed by atoms with E-state index >= 15 is 0 Å². The molecule has 0 aromatic heterocycles. The van der Waals surface area contributed by atoms with Crippen molar-refractivity contribution in [3.63, 3.8) is 0 Å². The van der Waals surface area contributed by atoms with Crippen LogP contribution in [0.3, 0.4) is 0 Å². The minimum absolute atomic E-state index is 0.0580. The maximum absolute atomic E-state index is 11.0. The Kier molecular flexibility index (Phi) is 13.1. The zero-order chi connectivity index (χ0) is 22.6. The number of primary sulfonamides is 2. The third-order valence-electron chi connectivity index (χ3n) is 5.35. The summed E-state index contributed by atoms with van der Waals surface area (Å²) in [5.74, 6) is 0.116. The monoisotopic (exact) mass is 456 g/mol. The van der Waals surface area contributed by atoms with Crippen LogP contribution < -0.4 is 10.3 Å². The molecule has 0 aliphatic carbocycles. The van der Waals surface area contributed by atoms with Crippen LogP contribution >= 0.6 is 0 Å². The fourth-order valence-electron chi connectivity index (χ4n) is 3.47. The molecule has 29 heavy (non-hydrogen) atoms. The Morgan fingerprint density at radius 2 is 0.897 bits per heavy atom. The summed E-state index contributed by atoms with van der Waals surface area (Å²) in [6, 6.07) is 0. The average molecular weight is 457 g/mol. The van der Waals surface area contributed by atoms with Gasteiger partial charge < -0.3 is 4.74 Å². The van der Waals surface area contributed by atoms with Crippen LogP contribution in [0, 0.1) is 10.8 Å². The predicted molar refractivity (Wildman–Crippen MR) is 120 cm³/mol. The van der Waals surface area contributed by atoms with Crippen LogP contribution in [-0.4, -0.2) is 41.6 Å². The Bertz CT molecular complexity index is 588. The van der Waals surface area contributed by atoms with E-state index in [0.29, 0.717) is 12.8 Å². The molecule has 0 aliphatic rings. The Hall–Kier alpha value is -0.220. The molecule has 4 N–H and O–H groups in total. The highest BCUT2D eigenvalue weighted by atomic mass is 32.2. The van der Waals surface area contributed by atoms with Crippen molar-refractivity contribution in [1.29, 1.82) is 0 Å². The number of hydrogen-bond donors (Lipinski definition) is 2. The van der Waals surface area contributed by atoms with Gasteiger partial charge in [-0.25, -0.2) is 27.1 Å². The van der Waals surface area contributed by atoms with E-state index < -0.39 is 20.0 Å². The summed E-state index contributed by atoms with van der Waals surface area (Å²) in [6.07, 6.45) is 9.20. The van der Waals surface area contributed by atoms with Gasteiger partial charge in [0.05, 0.1) is 11.5 Å². The van der Waals surface area contributed by atoms with Crippen LogP contribution in [0.5, 0.6) is 0 Å². The molecule has 0 spiro atoms. The summed E-state index contributed by atoms with van der Waals surface area (Å²) in [7, 11) is -6.71. The number of hydrogen-bond acceptors (Lipinski definition) is 5. The molecule has 0 saturated carbocycles. The van der Waals surface area contributed by atoms with Gasteiger partial charge in [-0.2, -0.15) is 0 Å². The van der Waals surface area contributed by atoms with Gasteiger partial charge in [-0.15, -0.1) is 0 Å². The van der Waals surface area contributed by atoms with Crippen LogP contribution in [0.4, 0.5) is 0 Å². The lowest BCUT2D eigenvalue weighted by Gasteiger charge is -2.24. The highest BCUT2D eigenvalue weighted by molar-refractivity contribution is 7.89. The largest absolute Gasteiger partial charge is 0.381 e. The minimum Gasteiger partial charge on any atom is -0.381 e. The lowest BCUT2D eigenvalue weighted by Crippen LogP contribution is -2.19. The van der Waals surface area contributed by atoms with Crippen molar-refractivity contribution in [2.24, 2.45) is 21.1 Å². The normalized spacial score (nSPS) is 13.7. The number of sulfonamides is 2. The first-order chi connectivity index (χ1) is 13.1. The molecule has 0 unspecified atom stereocenters. The Morgan fingerprint density at radius 1 is 0.586 bits per heavy atom. The van der Waals surface area contributed by atoms with Crippen molar-refractivity contribution in [1.82, 2.24) is 0 Å². The zero-order valence-corrected chi connectivity index (χ0v) is 20.5. The molecule has 0 rings (SSSR count). The van der Waals surface area contributed by atoms with Gasteiger partial charge in [-0.3, -0.25) is 0 Å². The van der Waals surface area contributed by atoms with E-state index in [1.54, 1.807) is 0 Å². The fourth-order valence-corrected chi connectivity index (χ4v) is 4.56. The van der Waals surface area contributed by atoms with Crippen molar-refractivity contribution in [3.8, 4) is 0 Å². The summed E-state index contributed by atoms with van der Waals surface area (Å²) < 4.78 is 49.7. The SMILES string of the molecule is CC(C)(CCCCOCCCCC(C)(C)CCCS(N)(=O)=O)CCCS(N)(=O)=O. The first kappa shape index (κ1) is 28.8. The third-order valence-corrected chi connectivity index (χ3v) is 7.06. The van der Waals surface area contributed by atoms with Crippen molar-refractivity contribution in [3.05, 3.63) is 0 Å². The van der Waals surface area contributed by atoms with Crippen LogP contribution in [-0.2, 0) is 24.8 Å². The molecule has 0 atom stereocenters. The molecule has 0 fully saturated rings. The molecule has 0 saturated heterocycles. The van der Waals surface area contributed by atoms with Gasteiger partial charge in [0.2, 0.25) is 20.0 Å². The second-order valence-electron chi connectivity index (χ2n) is 9.80. The van der Waals surface area contributed by atoms with Gasteiger partial charge in [0, 0.05) is 13.2 Å². The molecule has 0 radical (unpaired) electrons. The summed E-state index contributed by atoms with van der Waals surface area (Å²) in [6.45, 7) is 10.2. The van der Waals surface area contributed by atoms with Crippen LogP contribution in [0.1, 0.15) is 91.9 Å². The van der Waals surface area contributed by atoms with Gasteiger partial charge in [0.15, 0.2) is 0 Å². The Morgan fingerprint density at radius 3 is 1.21 bits per heavy atom. The predicted octanol–water partition coefficient (Wildman–Crippen LogP) is 3.53. The van der Waals surface area contributed by atoms with E-state index in [2.05, 4.69) is 27.7 Å². The molecular formula is C20H44N2O5S2. The van der Waals surface area contributed by atoms with Gasteiger partial charge in [0.25, 0.3) is 0 Å². The maximum atomic E-state index is 11.0. The second kappa shape index (κ2) is 13.2. The quantitative estimate of drug-likeness (QED) is 0.305. The van der Waals surface area contributed by atoms with Gasteiger partial charge in [-0.05, 0) is 62.2 Å². The van der Waals surface area contributed by atoms with Crippen LogP contribution in [0.2, 0.25) is 0 Å². The lowest BCUT2D eigenvalue weighted by molar-refractivity contribution is 0.119. The first-order valence-corrected chi connectivity index (χ1v) is 14.1. The van der Waals surface area contributed by atoms with Gasteiger partial charge in [0.1, 0.15) is 0 Å². The second-order valence-corrected chi connectivity index (χ2v) is 13.3. The number of ether oxygens (including phenoxy) is 1. The van der Waals surface area contributed by atoms with E-state index in [4.69, 9.17) is 15.0 Å². The minimum atomic E-state index is -3.36. The summed E-state index contributed by atoms with van der Waals surface area (Å²) in [4.78, 5) is 0. The van der Waals surface area contributed by atoms with Crippen molar-refractivity contribution < 1.29 is 21.6 Å². The Balaban J connectivity index is 3.67. The van der Waals surface area contributed by atoms with Crippen molar-refractivity contribution >= 4 is 20.0 Å². The van der Waals surface area contributed by atoms with E-state index in [1.807, 2.05) is 0 Å². The molecule has 0 bridgehead atoms. The van der Waals surface area contributed by atoms with E-state index in [9.17, 15) is 16.8 Å².